The van der Waals surface area contributed by atoms with Crippen molar-refractivity contribution in [2.45, 2.75) is 33.1 Å². The normalized spacial score (nSPS) is 10.3. The van der Waals surface area contributed by atoms with Gasteiger partial charge in [0, 0.05) is 18.4 Å². The Balaban J connectivity index is 1.94. The van der Waals surface area contributed by atoms with Gasteiger partial charge in [-0.05, 0) is 42.7 Å². The molecule has 0 aliphatic rings. The first-order valence-corrected chi connectivity index (χ1v) is 7.83. The highest BCUT2D eigenvalue weighted by Crippen LogP contribution is 2.12. The van der Waals surface area contributed by atoms with Crippen LogP contribution in [0.5, 0.6) is 0 Å². The van der Waals surface area contributed by atoms with Gasteiger partial charge in [0.05, 0.1) is 5.56 Å². The number of anilines is 2. The van der Waals surface area contributed by atoms with E-state index < -0.39 is 0 Å². The number of unbranched alkanes of at least 4 members (excludes halogenated alkanes) is 1. The number of rotatable bonds is 7. The average Bonchev–Trinajstić information content (AvgIpc) is 2.56. The molecule has 4 heteroatoms. The van der Waals surface area contributed by atoms with Crippen LogP contribution in [0.3, 0.4) is 0 Å². The van der Waals surface area contributed by atoms with Gasteiger partial charge in [-0.25, -0.2) is 4.98 Å². The molecule has 0 aliphatic heterocycles. The Bertz CT molecular complexity index is 591. The molecule has 2 rings (SSSR count). The molecular formula is C18H23N3O. The number of carbonyl (C=O) groups excluding carboxylic acids is 1. The lowest BCUT2D eigenvalue weighted by Crippen LogP contribution is -2.12. The highest BCUT2D eigenvalue weighted by Gasteiger charge is 2.06. The van der Waals surface area contributed by atoms with Crippen LogP contribution in [-0.2, 0) is 6.42 Å². The van der Waals surface area contributed by atoms with Crippen molar-refractivity contribution in [2.24, 2.45) is 0 Å². The zero-order chi connectivity index (χ0) is 15.8. The van der Waals surface area contributed by atoms with Gasteiger partial charge < -0.3 is 10.6 Å². The molecule has 4 nitrogen and oxygen atoms in total. The summed E-state index contributed by atoms with van der Waals surface area (Å²) in [7, 11) is 0. The number of amides is 1. The summed E-state index contributed by atoms with van der Waals surface area (Å²) >= 11 is 0. The zero-order valence-electron chi connectivity index (χ0n) is 13.2. The lowest BCUT2D eigenvalue weighted by Gasteiger charge is -2.07. The van der Waals surface area contributed by atoms with Crippen LogP contribution in [0.2, 0.25) is 0 Å². The molecule has 0 saturated carbocycles. The molecule has 1 aromatic heterocycles. The van der Waals surface area contributed by atoms with Crippen LogP contribution >= 0.6 is 0 Å². The quantitative estimate of drug-likeness (QED) is 0.756. The molecule has 2 aromatic rings. The molecule has 2 N–H and O–H groups in total. The first-order valence-electron chi connectivity index (χ1n) is 7.83. The average molecular weight is 297 g/mol. The molecule has 1 amide bonds. The summed E-state index contributed by atoms with van der Waals surface area (Å²) in [6, 6.07) is 11.5. The second-order valence-corrected chi connectivity index (χ2v) is 5.22. The van der Waals surface area contributed by atoms with Crippen LogP contribution in [0.1, 0.15) is 42.6 Å². The fourth-order valence-corrected chi connectivity index (χ4v) is 2.05. The first kappa shape index (κ1) is 16.0. The Labute approximate surface area is 132 Å². The summed E-state index contributed by atoms with van der Waals surface area (Å²) in [6.45, 7) is 5.16. The monoisotopic (exact) mass is 297 g/mol. The van der Waals surface area contributed by atoms with Crippen LogP contribution in [0.15, 0.2) is 42.6 Å². The van der Waals surface area contributed by atoms with Gasteiger partial charge in [-0.3, -0.25) is 4.79 Å². The minimum atomic E-state index is -0.142. The molecule has 0 fully saturated rings. The molecule has 1 aromatic carbocycles. The van der Waals surface area contributed by atoms with E-state index in [2.05, 4.69) is 29.5 Å². The maximum Gasteiger partial charge on any atom is 0.257 e. The number of benzene rings is 1. The number of aryl methyl sites for hydroxylation is 1. The third kappa shape index (κ3) is 4.58. The molecule has 0 bridgehead atoms. The van der Waals surface area contributed by atoms with Crippen LogP contribution in [-0.4, -0.2) is 17.4 Å². The molecule has 0 unspecified atom stereocenters. The third-order valence-corrected chi connectivity index (χ3v) is 3.48. The number of nitrogens with zero attached hydrogens (tertiary/aromatic N) is 1. The maximum atomic E-state index is 12.2. The van der Waals surface area contributed by atoms with E-state index in [4.69, 9.17) is 0 Å². The largest absolute Gasteiger partial charge is 0.370 e. The van der Waals surface area contributed by atoms with Gasteiger partial charge in [0.2, 0.25) is 0 Å². The smallest absolute Gasteiger partial charge is 0.257 e. The van der Waals surface area contributed by atoms with Crippen molar-refractivity contribution in [3.05, 3.63) is 53.7 Å². The van der Waals surface area contributed by atoms with E-state index in [1.54, 1.807) is 12.3 Å². The van der Waals surface area contributed by atoms with Gasteiger partial charge in [0.25, 0.3) is 5.91 Å². The highest BCUT2D eigenvalue weighted by molar-refractivity contribution is 6.04. The lowest BCUT2D eigenvalue weighted by atomic mass is 10.1. The van der Waals surface area contributed by atoms with Crippen LogP contribution in [0.25, 0.3) is 0 Å². The minimum absolute atomic E-state index is 0.142. The van der Waals surface area contributed by atoms with Crippen molar-refractivity contribution >= 4 is 17.4 Å². The summed E-state index contributed by atoms with van der Waals surface area (Å²) in [5.74, 6) is 0.661. The van der Waals surface area contributed by atoms with Gasteiger partial charge in [0.15, 0.2) is 0 Å². The topological polar surface area (TPSA) is 54.0 Å². The second-order valence-electron chi connectivity index (χ2n) is 5.22. The Morgan fingerprint density at radius 2 is 1.86 bits per heavy atom. The van der Waals surface area contributed by atoms with E-state index in [0.717, 1.165) is 37.3 Å². The first-order chi connectivity index (χ1) is 10.7. The van der Waals surface area contributed by atoms with E-state index in [0.29, 0.717) is 5.56 Å². The number of hydrogen-bond donors (Lipinski definition) is 2. The van der Waals surface area contributed by atoms with Crippen LogP contribution < -0.4 is 10.6 Å². The summed E-state index contributed by atoms with van der Waals surface area (Å²) in [5, 5.41) is 6.11. The molecule has 0 aliphatic carbocycles. The fourth-order valence-electron chi connectivity index (χ4n) is 2.05. The predicted molar refractivity (Wildman–Crippen MR) is 91.4 cm³/mol. The molecule has 0 atom stereocenters. The van der Waals surface area contributed by atoms with E-state index in [1.165, 1.54) is 5.56 Å². The molecule has 1 heterocycles. The maximum absolute atomic E-state index is 12.2. The van der Waals surface area contributed by atoms with Crippen molar-refractivity contribution in [1.29, 1.82) is 0 Å². The third-order valence-electron chi connectivity index (χ3n) is 3.48. The fraction of sp³-hybridized carbons (Fsp3) is 0.333. The number of aromatic nitrogens is 1. The number of hydrogen-bond acceptors (Lipinski definition) is 3. The summed E-state index contributed by atoms with van der Waals surface area (Å²) in [4.78, 5) is 16.4. The van der Waals surface area contributed by atoms with E-state index >= 15 is 0 Å². The van der Waals surface area contributed by atoms with Crippen LogP contribution in [0.4, 0.5) is 11.5 Å². The van der Waals surface area contributed by atoms with Gasteiger partial charge in [0.1, 0.15) is 5.82 Å². The van der Waals surface area contributed by atoms with Gasteiger partial charge in [-0.1, -0.05) is 32.4 Å². The van der Waals surface area contributed by atoms with E-state index in [-0.39, 0.29) is 5.91 Å². The molecular weight excluding hydrogens is 274 g/mol. The summed E-state index contributed by atoms with van der Waals surface area (Å²) in [5.41, 5.74) is 2.61. The van der Waals surface area contributed by atoms with Crippen LogP contribution in [0, 0.1) is 0 Å². The summed E-state index contributed by atoms with van der Waals surface area (Å²) < 4.78 is 0. The SMILES string of the molecule is CCCCNc1ccc(C(=O)Nc2ccc(CC)cc2)cn1. The number of nitrogens with one attached hydrogen (secondary N) is 2. The Morgan fingerprint density at radius 1 is 1.09 bits per heavy atom. The van der Waals surface area contributed by atoms with E-state index in [1.807, 2.05) is 30.3 Å². The van der Waals surface area contributed by atoms with Crippen molar-refractivity contribution in [3.8, 4) is 0 Å². The minimum Gasteiger partial charge on any atom is -0.370 e. The number of pyridine rings is 1. The number of carbonyl (C=O) groups is 1. The van der Waals surface area contributed by atoms with Crippen molar-refractivity contribution in [1.82, 2.24) is 4.98 Å². The highest BCUT2D eigenvalue weighted by atomic mass is 16.1. The van der Waals surface area contributed by atoms with E-state index in [9.17, 15) is 4.79 Å². The Hall–Kier alpha value is -2.36. The van der Waals surface area contributed by atoms with Gasteiger partial charge in [-0.2, -0.15) is 0 Å². The van der Waals surface area contributed by atoms with Crippen molar-refractivity contribution < 1.29 is 4.79 Å². The molecule has 0 saturated heterocycles. The molecule has 22 heavy (non-hydrogen) atoms. The molecule has 116 valence electrons. The standard InChI is InChI=1S/C18H23N3O/c1-3-5-12-19-17-11-8-15(13-20-17)18(22)21-16-9-6-14(4-2)7-10-16/h6-11,13H,3-5,12H2,1-2H3,(H,19,20)(H,21,22). The Kier molecular flexibility index (Phi) is 5.95. The summed E-state index contributed by atoms with van der Waals surface area (Å²) in [6.07, 6.45) is 4.84. The van der Waals surface area contributed by atoms with Crippen molar-refractivity contribution in [2.75, 3.05) is 17.2 Å². The second kappa shape index (κ2) is 8.17. The Morgan fingerprint density at radius 3 is 2.45 bits per heavy atom. The molecule has 0 spiro atoms. The van der Waals surface area contributed by atoms with Crippen molar-refractivity contribution in [3.63, 3.8) is 0 Å². The predicted octanol–water partition coefficient (Wildman–Crippen LogP) is 4.11. The lowest BCUT2D eigenvalue weighted by molar-refractivity contribution is 0.102. The zero-order valence-corrected chi connectivity index (χ0v) is 13.2. The molecule has 0 radical (unpaired) electrons. The van der Waals surface area contributed by atoms with Gasteiger partial charge in [-0.15, -0.1) is 0 Å². The van der Waals surface area contributed by atoms with Gasteiger partial charge >= 0.3 is 0 Å².